The summed E-state index contributed by atoms with van der Waals surface area (Å²) >= 11 is 0. The molecule has 2 atom stereocenters. The van der Waals surface area contributed by atoms with Crippen LogP contribution in [0.2, 0.25) is 0 Å². The van der Waals surface area contributed by atoms with E-state index in [4.69, 9.17) is 15.5 Å². The molecule has 174 valence electrons. The van der Waals surface area contributed by atoms with Crippen LogP contribution in [0.5, 0.6) is 0 Å². The monoisotopic (exact) mass is 448 g/mol. The fourth-order valence-electron chi connectivity index (χ4n) is 4.19. The highest BCUT2D eigenvalue weighted by Crippen LogP contribution is 2.31. The smallest absolute Gasteiger partial charge is 0.227 e. The van der Waals surface area contributed by atoms with Crippen molar-refractivity contribution in [3.8, 4) is 11.3 Å². The lowest BCUT2D eigenvalue weighted by Crippen LogP contribution is -2.57. The number of hydrogen-bond acceptors (Lipinski definition) is 8. The number of hydrogen-bond donors (Lipinski definition) is 3. The molecule has 3 heterocycles. The molecule has 0 saturated heterocycles. The number of nitrogens with zero attached hydrogens (tertiary/aromatic N) is 5. The Labute approximate surface area is 194 Å². The van der Waals surface area contributed by atoms with Crippen LogP contribution in [0.25, 0.3) is 22.3 Å². The van der Waals surface area contributed by atoms with Gasteiger partial charge < -0.3 is 30.6 Å². The first kappa shape index (κ1) is 22.9. The van der Waals surface area contributed by atoms with Crippen molar-refractivity contribution in [2.45, 2.75) is 18.0 Å². The van der Waals surface area contributed by atoms with Gasteiger partial charge in [-0.15, -0.1) is 0 Å². The molecule has 0 bridgehead atoms. The molecule has 0 amide bonds. The Bertz CT molecular complexity index is 1200. The van der Waals surface area contributed by atoms with Crippen LogP contribution in [0.4, 0.5) is 5.95 Å². The van der Waals surface area contributed by atoms with E-state index in [9.17, 15) is 0 Å². The standard InChI is InChI=1S/C24H32N8O/c1-26-24(9-12-31(2)3)14-20(33-5)18(13-21(24)25)30-23-28-11-8-17(29-23)16-15-32(4)19-7-6-10-27-22(16)19/h6-8,10-11,13-15,21,26H,9,12,25H2,1-5H3,(H,28,29,30). The lowest BCUT2D eigenvalue weighted by Gasteiger charge is -2.39. The van der Waals surface area contributed by atoms with Gasteiger partial charge in [-0.2, -0.15) is 0 Å². The van der Waals surface area contributed by atoms with Crippen molar-refractivity contribution in [1.82, 2.24) is 29.7 Å². The van der Waals surface area contributed by atoms with Gasteiger partial charge in [0.05, 0.1) is 35.1 Å². The number of anilines is 1. The summed E-state index contributed by atoms with van der Waals surface area (Å²) in [5.74, 6) is 1.16. The zero-order valence-electron chi connectivity index (χ0n) is 19.8. The first-order valence-corrected chi connectivity index (χ1v) is 11.0. The molecule has 0 aromatic carbocycles. The summed E-state index contributed by atoms with van der Waals surface area (Å²) < 4.78 is 7.76. The van der Waals surface area contributed by atoms with Crippen molar-refractivity contribution in [3.63, 3.8) is 0 Å². The molecule has 3 aromatic heterocycles. The first-order chi connectivity index (χ1) is 15.9. The van der Waals surface area contributed by atoms with Crippen molar-refractivity contribution in [3.05, 3.63) is 60.4 Å². The number of nitrogens with one attached hydrogen (secondary N) is 2. The lowest BCUT2D eigenvalue weighted by atomic mass is 9.82. The summed E-state index contributed by atoms with van der Waals surface area (Å²) in [5.41, 5.74) is 10.6. The molecule has 0 radical (unpaired) electrons. The Morgan fingerprint density at radius 1 is 1.24 bits per heavy atom. The molecule has 1 aliphatic rings. The number of methoxy groups -OCH3 is 1. The van der Waals surface area contributed by atoms with E-state index in [0.717, 1.165) is 41.0 Å². The molecule has 0 spiro atoms. The van der Waals surface area contributed by atoms with E-state index < -0.39 is 5.54 Å². The molecule has 33 heavy (non-hydrogen) atoms. The highest BCUT2D eigenvalue weighted by molar-refractivity contribution is 5.91. The minimum Gasteiger partial charge on any atom is -0.495 e. The molecule has 4 N–H and O–H groups in total. The predicted molar refractivity (Wildman–Crippen MR) is 131 cm³/mol. The summed E-state index contributed by atoms with van der Waals surface area (Å²) in [7, 11) is 9.69. The van der Waals surface area contributed by atoms with Crippen LogP contribution in [0.1, 0.15) is 6.42 Å². The maximum Gasteiger partial charge on any atom is 0.227 e. The van der Waals surface area contributed by atoms with Crippen LogP contribution in [0, 0.1) is 0 Å². The van der Waals surface area contributed by atoms with Gasteiger partial charge in [0.1, 0.15) is 5.76 Å². The van der Waals surface area contributed by atoms with Crippen molar-refractivity contribution in [2.75, 3.05) is 40.1 Å². The molecular formula is C24H32N8O. The summed E-state index contributed by atoms with van der Waals surface area (Å²) in [6.07, 6.45) is 10.4. The van der Waals surface area contributed by atoms with Crippen LogP contribution in [-0.2, 0) is 11.8 Å². The number of fused-ring (bicyclic) bond motifs is 1. The van der Waals surface area contributed by atoms with Crippen molar-refractivity contribution in [1.29, 1.82) is 0 Å². The summed E-state index contributed by atoms with van der Waals surface area (Å²) in [6, 6.07) is 5.60. The molecular weight excluding hydrogens is 416 g/mol. The van der Waals surface area contributed by atoms with Gasteiger partial charge in [0, 0.05) is 37.2 Å². The van der Waals surface area contributed by atoms with Gasteiger partial charge in [0.15, 0.2) is 0 Å². The van der Waals surface area contributed by atoms with E-state index in [-0.39, 0.29) is 6.04 Å². The Morgan fingerprint density at radius 3 is 2.79 bits per heavy atom. The topological polar surface area (TPSA) is 106 Å². The quantitative estimate of drug-likeness (QED) is 0.481. The predicted octanol–water partition coefficient (Wildman–Crippen LogP) is 2.11. The van der Waals surface area contributed by atoms with E-state index >= 15 is 0 Å². The Hall–Kier alpha value is -3.27. The number of likely N-dealkylation sites (N-methyl/N-ethyl adjacent to an activating group) is 1. The summed E-state index contributed by atoms with van der Waals surface area (Å²) in [5, 5.41) is 6.70. The van der Waals surface area contributed by atoms with E-state index in [1.165, 1.54) is 0 Å². The molecule has 4 rings (SSSR count). The second-order valence-corrected chi connectivity index (χ2v) is 8.58. The van der Waals surface area contributed by atoms with Crippen molar-refractivity contribution < 1.29 is 4.74 Å². The van der Waals surface area contributed by atoms with Crippen LogP contribution in [0.15, 0.2) is 60.4 Å². The minimum atomic E-state index is -0.405. The van der Waals surface area contributed by atoms with E-state index in [1.807, 2.05) is 49.1 Å². The Balaban J connectivity index is 1.63. The van der Waals surface area contributed by atoms with Gasteiger partial charge in [0.25, 0.3) is 0 Å². The SMILES string of the molecule is CNC1(CCN(C)C)C=C(OC)C(Nc2nccc(-c3cn(C)c4cccnc34)n2)=CC1N. The molecule has 3 aromatic rings. The molecule has 9 nitrogen and oxygen atoms in total. The molecule has 2 unspecified atom stereocenters. The number of aromatic nitrogens is 4. The largest absolute Gasteiger partial charge is 0.495 e. The maximum atomic E-state index is 6.61. The van der Waals surface area contributed by atoms with Gasteiger partial charge in [-0.3, -0.25) is 4.98 Å². The normalized spacial score (nSPS) is 20.6. The third-order valence-corrected chi connectivity index (χ3v) is 6.18. The van der Waals surface area contributed by atoms with Gasteiger partial charge in [-0.05, 0) is 64.5 Å². The average molecular weight is 449 g/mol. The summed E-state index contributed by atoms with van der Waals surface area (Å²) in [4.78, 5) is 15.9. The van der Waals surface area contributed by atoms with E-state index in [2.05, 4.69) is 45.7 Å². The van der Waals surface area contributed by atoms with Gasteiger partial charge in [-0.25, -0.2) is 9.97 Å². The highest BCUT2D eigenvalue weighted by atomic mass is 16.5. The Morgan fingerprint density at radius 2 is 2.06 bits per heavy atom. The molecule has 1 aliphatic carbocycles. The van der Waals surface area contributed by atoms with Gasteiger partial charge in [-0.1, -0.05) is 0 Å². The van der Waals surface area contributed by atoms with Crippen LogP contribution in [0.3, 0.4) is 0 Å². The molecule has 0 aliphatic heterocycles. The van der Waals surface area contributed by atoms with Crippen molar-refractivity contribution >= 4 is 17.0 Å². The first-order valence-electron chi connectivity index (χ1n) is 11.0. The molecule has 9 heteroatoms. The van der Waals surface area contributed by atoms with Gasteiger partial charge >= 0.3 is 0 Å². The lowest BCUT2D eigenvalue weighted by molar-refractivity contribution is 0.260. The number of pyridine rings is 1. The zero-order valence-corrected chi connectivity index (χ0v) is 19.8. The Kier molecular flexibility index (Phi) is 6.46. The fourth-order valence-corrected chi connectivity index (χ4v) is 4.19. The summed E-state index contributed by atoms with van der Waals surface area (Å²) in [6.45, 7) is 0.892. The second-order valence-electron chi connectivity index (χ2n) is 8.58. The van der Waals surface area contributed by atoms with Crippen LogP contribution < -0.4 is 16.4 Å². The van der Waals surface area contributed by atoms with Crippen molar-refractivity contribution in [2.24, 2.45) is 12.8 Å². The second kappa shape index (κ2) is 9.30. The third kappa shape index (κ3) is 4.47. The third-order valence-electron chi connectivity index (χ3n) is 6.18. The number of ether oxygens (including phenoxy) is 1. The molecule has 0 saturated carbocycles. The highest BCUT2D eigenvalue weighted by Gasteiger charge is 2.37. The fraction of sp³-hybridized carbons (Fsp3) is 0.375. The number of aryl methyl sites for hydroxylation is 1. The van der Waals surface area contributed by atoms with Crippen LogP contribution >= 0.6 is 0 Å². The van der Waals surface area contributed by atoms with Crippen LogP contribution in [-0.4, -0.2) is 70.8 Å². The minimum absolute atomic E-state index is 0.255. The zero-order chi connectivity index (χ0) is 23.6. The average Bonchev–Trinajstić information content (AvgIpc) is 3.16. The maximum absolute atomic E-state index is 6.61. The van der Waals surface area contributed by atoms with Gasteiger partial charge in [0.2, 0.25) is 5.95 Å². The number of rotatable bonds is 8. The van der Waals surface area contributed by atoms with E-state index in [1.54, 1.807) is 19.5 Å². The number of nitrogens with two attached hydrogens (primary N) is 1. The molecule has 0 fully saturated rings. The van der Waals surface area contributed by atoms with E-state index in [0.29, 0.717) is 11.7 Å².